The van der Waals surface area contributed by atoms with Gasteiger partial charge in [0.25, 0.3) is 5.56 Å². The number of aromatic nitrogens is 1. The summed E-state index contributed by atoms with van der Waals surface area (Å²) < 4.78 is 0.988. The van der Waals surface area contributed by atoms with Gasteiger partial charge in [0.15, 0.2) is 0 Å². The van der Waals surface area contributed by atoms with Crippen LogP contribution in [0.5, 0.6) is 0 Å². The smallest absolute Gasteiger partial charge is 0.279 e. The van der Waals surface area contributed by atoms with Crippen LogP contribution < -0.4 is 10.9 Å². The first kappa shape index (κ1) is 11.6. The SMILES string of the molecule is O=c1nc(C2=CNC3C=CC=CC23)sc2ccccc12.[HH]. The summed E-state index contributed by atoms with van der Waals surface area (Å²) in [4.78, 5) is 16.4. The number of fused-ring (bicyclic) bond motifs is 2. The monoisotopic (exact) mass is 282 g/mol. The van der Waals surface area contributed by atoms with Crippen molar-refractivity contribution in [2.75, 3.05) is 0 Å². The van der Waals surface area contributed by atoms with Crippen molar-refractivity contribution in [3.05, 3.63) is 70.1 Å². The highest BCUT2D eigenvalue weighted by Crippen LogP contribution is 2.35. The number of rotatable bonds is 1. The summed E-state index contributed by atoms with van der Waals surface area (Å²) in [5, 5.41) is 4.85. The normalized spacial score (nSPS) is 23.5. The minimum Gasteiger partial charge on any atom is -0.383 e. The molecule has 2 unspecified atom stereocenters. The average molecular weight is 282 g/mol. The zero-order valence-electron chi connectivity index (χ0n) is 10.6. The second-order valence-electron chi connectivity index (χ2n) is 4.91. The van der Waals surface area contributed by atoms with Gasteiger partial charge in [-0.2, -0.15) is 4.98 Å². The lowest BCUT2D eigenvalue weighted by Gasteiger charge is -2.18. The molecule has 2 heterocycles. The molecule has 2 atom stereocenters. The van der Waals surface area contributed by atoms with Crippen LogP contribution in [0.2, 0.25) is 0 Å². The number of nitrogens with one attached hydrogen (secondary N) is 1. The predicted octanol–water partition coefficient (Wildman–Crippen LogP) is 2.96. The molecule has 0 spiro atoms. The molecule has 1 aliphatic heterocycles. The van der Waals surface area contributed by atoms with Gasteiger partial charge in [0.05, 0.1) is 11.4 Å². The van der Waals surface area contributed by atoms with E-state index in [2.05, 4.69) is 22.5 Å². The highest BCUT2D eigenvalue weighted by atomic mass is 32.1. The van der Waals surface area contributed by atoms with Crippen LogP contribution in [0, 0.1) is 5.92 Å². The number of hydrogen-bond donors (Lipinski definition) is 1. The molecule has 0 amide bonds. The summed E-state index contributed by atoms with van der Waals surface area (Å²) in [5.74, 6) is 0.268. The first-order chi connectivity index (χ1) is 9.83. The van der Waals surface area contributed by atoms with Gasteiger partial charge in [-0.25, -0.2) is 0 Å². The Bertz CT molecular complexity index is 838. The van der Waals surface area contributed by atoms with Gasteiger partial charge in [-0.3, -0.25) is 4.79 Å². The summed E-state index contributed by atoms with van der Waals surface area (Å²) >= 11 is 1.58. The van der Waals surface area contributed by atoms with Crippen LogP contribution in [0.4, 0.5) is 0 Å². The lowest BCUT2D eigenvalue weighted by Crippen LogP contribution is -2.25. The molecule has 4 rings (SSSR count). The van der Waals surface area contributed by atoms with E-state index in [1.165, 1.54) is 0 Å². The first-order valence-corrected chi connectivity index (χ1v) is 7.36. The second-order valence-corrected chi connectivity index (χ2v) is 5.94. The summed E-state index contributed by atoms with van der Waals surface area (Å²) in [7, 11) is 0. The second kappa shape index (κ2) is 4.42. The van der Waals surface area contributed by atoms with Crippen molar-refractivity contribution < 1.29 is 1.43 Å². The third-order valence-corrected chi connectivity index (χ3v) is 4.80. The largest absolute Gasteiger partial charge is 0.383 e. The molecule has 2 aromatic rings. The highest BCUT2D eigenvalue weighted by Gasteiger charge is 2.29. The minimum atomic E-state index is -0.144. The van der Waals surface area contributed by atoms with Crippen molar-refractivity contribution in [2.45, 2.75) is 6.04 Å². The van der Waals surface area contributed by atoms with Gasteiger partial charge in [-0.15, -0.1) is 11.3 Å². The molecular weight excluding hydrogens is 268 g/mol. The van der Waals surface area contributed by atoms with E-state index in [0.29, 0.717) is 5.39 Å². The van der Waals surface area contributed by atoms with E-state index < -0.39 is 0 Å². The topological polar surface area (TPSA) is 42.0 Å². The molecule has 2 aliphatic rings. The number of allylic oxidation sites excluding steroid dienone is 2. The van der Waals surface area contributed by atoms with E-state index in [9.17, 15) is 4.79 Å². The van der Waals surface area contributed by atoms with Crippen molar-refractivity contribution in [2.24, 2.45) is 5.92 Å². The van der Waals surface area contributed by atoms with E-state index in [0.717, 1.165) is 15.3 Å². The van der Waals surface area contributed by atoms with Crippen LogP contribution in [0.25, 0.3) is 15.7 Å². The maximum atomic E-state index is 12.1. The molecule has 0 saturated heterocycles. The molecule has 4 heteroatoms. The zero-order valence-corrected chi connectivity index (χ0v) is 11.4. The molecule has 1 N–H and O–H groups in total. The van der Waals surface area contributed by atoms with Crippen molar-refractivity contribution >= 4 is 27.0 Å². The Hall–Kier alpha value is -2.20. The van der Waals surface area contributed by atoms with Gasteiger partial charge in [-0.05, 0) is 12.1 Å². The summed E-state index contributed by atoms with van der Waals surface area (Å²) in [5.41, 5.74) is 0.956. The van der Waals surface area contributed by atoms with Crippen LogP contribution in [-0.2, 0) is 0 Å². The zero-order chi connectivity index (χ0) is 13.5. The Morgan fingerprint density at radius 3 is 3.00 bits per heavy atom. The average Bonchev–Trinajstić information content (AvgIpc) is 2.91. The van der Waals surface area contributed by atoms with Crippen molar-refractivity contribution in [3.8, 4) is 0 Å². The van der Waals surface area contributed by atoms with Gasteiger partial charge in [0.1, 0.15) is 5.01 Å². The Morgan fingerprint density at radius 2 is 2.05 bits per heavy atom. The van der Waals surface area contributed by atoms with Crippen LogP contribution in [-0.4, -0.2) is 11.0 Å². The Kier molecular flexibility index (Phi) is 2.57. The van der Waals surface area contributed by atoms with Crippen LogP contribution in [0.15, 0.2) is 59.6 Å². The van der Waals surface area contributed by atoms with Crippen molar-refractivity contribution in [1.29, 1.82) is 0 Å². The Morgan fingerprint density at radius 1 is 1.20 bits per heavy atom. The van der Waals surface area contributed by atoms with E-state index >= 15 is 0 Å². The van der Waals surface area contributed by atoms with E-state index in [1.807, 2.05) is 42.6 Å². The molecule has 100 valence electrons. The van der Waals surface area contributed by atoms with Crippen LogP contribution in [0.3, 0.4) is 0 Å². The third-order valence-electron chi connectivity index (χ3n) is 3.70. The van der Waals surface area contributed by atoms with E-state index in [1.54, 1.807) is 11.3 Å². The van der Waals surface area contributed by atoms with Gasteiger partial charge in [0, 0.05) is 23.8 Å². The molecule has 1 aliphatic carbocycles. The number of hydrogen-bond acceptors (Lipinski definition) is 4. The predicted molar refractivity (Wildman–Crippen MR) is 84.7 cm³/mol. The molecule has 0 fully saturated rings. The van der Waals surface area contributed by atoms with Crippen LogP contribution in [0.1, 0.15) is 6.43 Å². The Balaban J connectivity index is 0.00000132. The Labute approximate surface area is 121 Å². The maximum absolute atomic E-state index is 12.1. The molecule has 1 aromatic carbocycles. The molecule has 1 aromatic heterocycles. The molecule has 3 nitrogen and oxygen atoms in total. The van der Waals surface area contributed by atoms with Crippen molar-refractivity contribution in [3.63, 3.8) is 0 Å². The molecular formula is C16H14N2OS. The standard InChI is InChI=1S/C16H12N2OS.H2/c19-15-11-6-2-4-8-14(11)20-16(18-15)12-9-17-13-7-3-1-5-10(12)13;/h1-10,13,17H;1H. The van der Waals surface area contributed by atoms with Gasteiger partial charge in [-0.1, -0.05) is 36.4 Å². The summed E-state index contributed by atoms with van der Waals surface area (Å²) in [6.45, 7) is 0. The molecule has 0 saturated carbocycles. The first-order valence-electron chi connectivity index (χ1n) is 6.54. The minimum absolute atomic E-state index is 0. The highest BCUT2D eigenvalue weighted by molar-refractivity contribution is 7.19. The van der Waals surface area contributed by atoms with Crippen LogP contribution >= 0.6 is 11.3 Å². The van der Waals surface area contributed by atoms with Gasteiger partial charge < -0.3 is 5.32 Å². The summed E-state index contributed by atoms with van der Waals surface area (Å²) in [6.07, 6.45) is 10.4. The molecule has 0 bridgehead atoms. The fourth-order valence-electron chi connectivity index (χ4n) is 2.69. The summed E-state index contributed by atoms with van der Waals surface area (Å²) in [6, 6.07) is 7.92. The van der Waals surface area contributed by atoms with Gasteiger partial charge >= 0.3 is 0 Å². The molecule has 0 radical (unpaired) electrons. The van der Waals surface area contributed by atoms with Gasteiger partial charge in [0.2, 0.25) is 0 Å². The fourth-order valence-corrected chi connectivity index (χ4v) is 3.75. The third kappa shape index (κ3) is 1.72. The van der Waals surface area contributed by atoms with E-state index in [4.69, 9.17) is 0 Å². The quantitative estimate of drug-likeness (QED) is 0.874. The van der Waals surface area contributed by atoms with Crippen molar-refractivity contribution in [1.82, 2.24) is 10.3 Å². The number of nitrogens with zero attached hydrogens (tertiary/aromatic N) is 1. The lowest BCUT2D eigenvalue weighted by atomic mass is 9.92. The maximum Gasteiger partial charge on any atom is 0.279 e. The van der Waals surface area contributed by atoms with E-state index in [-0.39, 0.29) is 18.9 Å². The fraction of sp³-hybridized carbons (Fsp3) is 0.125. The molecule has 20 heavy (non-hydrogen) atoms. The number of benzene rings is 1. The lowest BCUT2D eigenvalue weighted by molar-refractivity contribution is 0.656.